The first-order valence-electron chi connectivity index (χ1n) is 5.23. The molecule has 0 radical (unpaired) electrons. The average molecular weight is 274 g/mol. The Hall–Kier alpha value is -1.11. The Morgan fingerprint density at radius 3 is 2.71 bits per heavy atom. The number of imide groups is 1. The molecule has 1 saturated heterocycles. The van der Waals surface area contributed by atoms with E-state index in [1.807, 2.05) is 0 Å². The highest BCUT2D eigenvalue weighted by Crippen LogP contribution is 2.15. The molecule has 0 aliphatic carbocycles. The zero-order valence-electron chi connectivity index (χ0n) is 9.06. The van der Waals surface area contributed by atoms with Gasteiger partial charge in [-0.2, -0.15) is 4.42 Å². The summed E-state index contributed by atoms with van der Waals surface area (Å²) >= 11 is 7.05. The Morgan fingerprint density at radius 1 is 1.41 bits per heavy atom. The Kier molecular flexibility index (Phi) is 3.98. The van der Waals surface area contributed by atoms with Crippen molar-refractivity contribution in [3.63, 3.8) is 0 Å². The summed E-state index contributed by atoms with van der Waals surface area (Å²) < 4.78 is 0.664. The largest absolute Gasteiger partial charge is 0.342 e. The van der Waals surface area contributed by atoms with Crippen molar-refractivity contribution in [3.8, 4) is 0 Å². The van der Waals surface area contributed by atoms with E-state index >= 15 is 0 Å². The Balaban J connectivity index is 2.01. The van der Waals surface area contributed by atoms with Gasteiger partial charge >= 0.3 is 6.03 Å². The second kappa shape index (κ2) is 5.48. The summed E-state index contributed by atoms with van der Waals surface area (Å²) in [6.07, 6.45) is 0. The number of carbonyl (C=O) groups excluding carboxylic acids is 2. The Morgan fingerprint density at radius 2 is 2.12 bits per heavy atom. The number of hydrogen-bond acceptors (Lipinski definition) is 4. The number of carbonyl (C=O) groups is 2. The molecule has 2 heterocycles. The molecule has 1 aliphatic heterocycles. The van der Waals surface area contributed by atoms with E-state index in [2.05, 4.69) is 5.32 Å². The molecule has 0 spiro atoms. The Bertz CT molecular complexity index is 404. The molecular formula is C10H12ClN3O2S. The first-order valence-corrected chi connectivity index (χ1v) is 6.45. The highest BCUT2D eigenvalue weighted by atomic mass is 35.5. The molecule has 92 valence electrons. The minimum absolute atomic E-state index is 0.452. The van der Waals surface area contributed by atoms with Crippen LogP contribution in [0.4, 0.5) is 4.79 Å². The number of halogens is 1. The highest BCUT2D eigenvalue weighted by Gasteiger charge is 2.27. The van der Waals surface area contributed by atoms with E-state index in [0.717, 1.165) is 13.1 Å². The number of piperazine rings is 1. The topological polar surface area (TPSA) is 52.7 Å². The van der Waals surface area contributed by atoms with Crippen molar-refractivity contribution in [3.05, 3.63) is 22.4 Å². The Labute approximate surface area is 108 Å². The van der Waals surface area contributed by atoms with E-state index in [9.17, 15) is 9.59 Å². The van der Waals surface area contributed by atoms with Crippen molar-refractivity contribution < 1.29 is 9.59 Å². The van der Waals surface area contributed by atoms with Crippen LogP contribution in [0.2, 0.25) is 0 Å². The van der Waals surface area contributed by atoms with Crippen molar-refractivity contribution in [2.75, 3.05) is 26.2 Å². The number of thiophene rings is 1. The van der Waals surface area contributed by atoms with Gasteiger partial charge in [-0.1, -0.05) is 6.07 Å². The van der Waals surface area contributed by atoms with Gasteiger partial charge in [0.1, 0.15) is 0 Å². The maximum absolute atomic E-state index is 11.9. The van der Waals surface area contributed by atoms with Crippen LogP contribution in [0.15, 0.2) is 17.5 Å². The van der Waals surface area contributed by atoms with Crippen molar-refractivity contribution in [2.45, 2.75) is 0 Å². The first-order chi connectivity index (χ1) is 8.20. The normalized spacial score (nSPS) is 15.7. The third kappa shape index (κ3) is 2.77. The predicted octanol–water partition coefficient (Wildman–Crippen LogP) is 1.37. The fourth-order valence-electron chi connectivity index (χ4n) is 1.56. The molecule has 0 bridgehead atoms. The quantitative estimate of drug-likeness (QED) is 0.787. The molecule has 0 aromatic carbocycles. The maximum Gasteiger partial charge on any atom is 0.342 e. The molecule has 0 unspecified atom stereocenters. The van der Waals surface area contributed by atoms with Gasteiger partial charge in [-0.15, -0.1) is 11.3 Å². The van der Waals surface area contributed by atoms with Crippen LogP contribution in [0.3, 0.4) is 0 Å². The lowest BCUT2D eigenvalue weighted by Gasteiger charge is -2.29. The van der Waals surface area contributed by atoms with E-state index < -0.39 is 11.9 Å². The number of nitrogens with zero attached hydrogens (tertiary/aromatic N) is 2. The van der Waals surface area contributed by atoms with Crippen LogP contribution in [0, 0.1) is 0 Å². The lowest BCUT2D eigenvalue weighted by atomic mass is 10.4. The number of hydrogen-bond donors (Lipinski definition) is 1. The number of nitrogens with one attached hydrogen (secondary N) is 1. The van der Waals surface area contributed by atoms with E-state index in [1.54, 1.807) is 22.4 Å². The van der Waals surface area contributed by atoms with Gasteiger partial charge in [0.05, 0.1) is 4.88 Å². The van der Waals surface area contributed by atoms with Gasteiger partial charge in [0.15, 0.2) is 0 Å². The summed E-state index contributed by atoms with van der Waals surface area (Å²) in [4.78, 5) is 25.8. The maximum atomic E-state index is 11.9. The van der Waals surface area contributed by atoms with Crippen LogP contribution in [-0.2, 0) is 0 Å². The molecule has 1 fully saturated rings. The van der Waals surface area contributed by atoms with Crippen molar-refractivity contribution in [1.29, 1.82) is 0 Å². The number of urea groups is 1. The number of amides is 3. The monoisotopic (exact) mass is 273 g/mol. The molecule has 1 aromatic rings. The molecule has 17 heavy (non-hydrogen) atoms. The van der Waals surface area contributed by atoms with Crippen LogP contribution in [-0.4, -0.2) is 47.4 Å². The van der Waals surface area contributed by atoms with Crippen LogP contribution in [0.1, 0.15) is 9.67 Å². The van der Waals surface area contributed by atoms with Gasteiger partial charge in [-0.05, 0) is 11.4 Å². The lowest BCUT2D eigenvalue weighted by molar-refractivity contribution is 0.0862. The zero-order chi connectivity index (χ0) is 12.3. The van der Waals surface area contributed by atoms with Gasteiger partial charge in [-0.3, -0.25) is 4.79 Å². The van der Waals surface area contributed by atoms with E-state index in [4.69, 9.17) is 11.8 Å². The minimum atomic E-state index is -0.467. The fourth-order valence-corrected chi connectivity index (χ4v) is 2.47. The fraction of sp³-hybridized carbons (Fsp3) is 0.400. The standard InChI is InChI=1S/C10H12ClN3O2S/c11-14(9(15)8-2-1-7-17-8)10(16)13-5-3-12-4-6-13/h1-2,7,12H,3-6H2. The van der Waals surface area contributed by atoms with Crippen molar-refractivity contribution >= 4 is 35.1 Å². The summed E-state index contributed by atoms with van der Waals surface area (Å²) in [5.74, 6) is -0.467. The second-order valence-corrected chi connectivity index (χ2v) is 4.87. The van der Waals surface area contributed by atoms with Crippen LogP contribution < -0.4 is 5.32 Å². The third-order valence-corrected chi connectivity index (χ3v) is 3.62. The van der Waals surface area contributed by atoms with E-state index in [-0.39, 0.29) is 0 Å². The molecule has 0 atom stereocenters. The first kappa shape index (κ1) is 12.3. The molecule has 5 nitrogen and oxygen atoms in total. The van der Waals surface area contributed by atoms with E-state index in [0.29, 0.717) is 22.4 Å². The molecule has 1 N–H and O–H groups in total. The second-order valence-electron chi connectivity index (χ2n) is 3.58. The molecule has 1 aromatic heterocycles. The van der Waals surface area contributed by atoms with Gasteiger partial charge in [-0.25, -0.2) is 4.79 Å². The molecule has 7 heteroatoms. The molecule has 1 aliphatic rings. The molecular weight excluding hydrogens is 262 g/mol. The molecule has 0 saturated carbocycles. The van der Waals surface area contributed by atoms with Crippen LogP contribution in [0.5, 0.6) is 0 Å². The summed E-state index contributed by atoms with van der Waals surface area (Å²) in [6.45, 7) is 2.59. The summed E-state index contributed by atoms with van der Waals surface area (Å²) in [7, 11) is 0. The highest BCUT2D eigenvalue weighted by molar-refractivity contribution is 7.12. The average Bonchev–Trinajstić information content (AvgIpc) is 2.91. The zero-order valence-corrected chi connectivity index (χ0v) is 10.6. The smallest absolute Gasteiger partial charge is 0.321 e. The predicted molar refractivity (Wildman–Crippen MR) is 66.2 cm³/mol. The molecule has 2 rings (SSSR count). The third-order valence-electron chi connectivity index (χ3n) is 2.47. The summed E-state index contributed by atoms with van der Waals surface area (Å²) in [5, 5.41) is 4.90. The lowest BCUT2D eigenvalue weighted by Crippen LogP contribution is -2.50. The SMILES string of the molecule is O=C(c1cccs1)N(Cl)C(=O)N1CCNCC1. The van der Waals surface area contributed by atoms with Crippen LogP contribution >= 0.6 is 23.1 Å². The van der Waals surface area contributed by atoms with Gasteiger partial charge in [0, 0.05) is 38.0 Å². The number of rotatable bonds is 1. The van der Waals surface area contributed by atoms with Crippen LogP contribution in [0.25, 0.3) is 0 Å². The van der Waals surface area contributed by atoms with Gasteiger partial charge in [0.25, 0.3) is 5.91 Å². The van der Waals surface area contributed by atoms with Crippen molar-refractivity contribution in [2.24, 2.45) is 0 Å². The van der Waals surface area contributed by atoms with E-state index in [1.165, 1.54) is 11.3 Å². The van der Waals surface area contributed by atoms with Gasteiger partial charge < -0.3 is 10.2 Å². The van der Waals surface area contributed by atoms with Crippen molar-refractivity contribution in [1.82, 2.24) is 14.6 Å². The summed E-state index contributed by atoms with van der Waals surface area (Å²) in [5.41, 5.74) is 0. The van der Waals surface area contributed by atoms with Gasteiger partial charge in [0.2, 0.25) is 0 Å². The summed E-state index contributed by atoms with van der Waals surface area (Å²) in [6, 6.07) is 2.94. The molecule has 3 amide bonds. The minimum Gasteiger partial charge on any atom is -0.321 e.